The summed E-state index contributed by atoms with van der Waals surface area (Å²) in [5.41, 5.74) is 1.17. The van der Waals surface area contributed by atoms with E-state index in [1.165, 1.54) is 35.7 Å². The molecule has 0 bridgehead atoms. The molecule has 1 aliphatic rings. The van der Waals surface area contributed by atoms with Crippen molar-refractivity contribution in [2.45, 2.75) is 32.2 Å². The van der Waals surface area contributed by atoms with E-state index >= 15 is 0 Å². The lowest BCUT2D eigenvalue weighted by Gasteiger charge is -2.10. The molecular formula is C14H17N3OS. The van der Waals surface area contributed by atoms with Crippen molar-refractivity contribution in [3.05, 3.63) is 40.1 Å². The van der Waals surface area contributed by atoms with Gasteiger partial charge in [-0.05, 0) is 31.2 Å². The Morgan fingerprint density at radius 2 is 2.42 bits per heavy atom. The van der Waals surface area contributed by atoms with Crippen molar-refractivity contribution in [3.63, 3.8) is 0 Å². The van der Waals surface area contributed by atoms with E-state index in [9.17, 15) is 4.79 Å². The number of amides is 1. The number of aryl methyl sites for hydroxylation is 1. The molecule has 1 saturated carbocycles. The molecule has 0 aliphatic heterocycles. The first-order chi connectivity index (χ1) is 9.25. The van der Waals surface area contributed by atoms with Crippen LogP contribution in [0.5, 0.6) is 0 Å². The van der Waals surface area contributed by atoms with Gasteiger partial charge in [0.25, 0.3) is 5.91 Å². The molecule has 2 heterocycles. The van der Waals surface area contributed by atoms with Gasteiger partial charge < -0.3 is 9.88 Å². The standard InChI is InChI=1S/C14H17N3OS/c1-10-9-16-13(11-4-5-11)17(10)7-6-15-14(18)12-3-2-8-19-12/h2-3,8-9,11H,4-7H2,1H3,(H,15,18). The number of rotatable bonds is 5. The Hall–Kier alpha value is -1.62. The fraction of sp³-hybridized carbons (Fsp3) is 0.429. The van der Waals surface area contributed by atoms with E-state index in [1.54, 1.807) is 0 Å². The van der Waals surface area contributed by atoms with Crippen molar-refractivity contribution >= 4 is 17.2 Å². The maximum absolute atomic E-state index is 11.8. The van der Waals surface area contributed by atoms with Crippen molar-refractivity contribution in [3.8, 4) is 0 Å². The highest BCUT2D eigenvalue weighted by Crippen LogP contribution is 2.39. The van der Waals surface area contributed by atoms with Gasteiger partial charge in [-0.15, -0.1) is 11.3 Å². The normalized spacial score (nSPS) is 14.6. The summed E-state index contributed by atoms with van der Waals surface area (Å²) in [6.45, 7) is 3.52. The molecule has 1 fully saturated rings. The van der Waals surface area contributed by atoms with E-state index in [0.717, 1.165) is 11.4 Å². The third-order valence-electron chi connectivity index (χ3n) is 3.39. The summed E-state index contributed by atoms with van der Waals surface area (Å²) in [7, 11) is 0. The molecule has 4 nitrogen and oxygen atoms in total. The maximum atomic E-state index is 11.8. The molecule has 2 aromatic rings. The molecule has 1 amide bonds. The minimum Gasteiger partial charge on any atom is -0.350 e. The van der Waals surface area contributed by atoms with Crippen LogP contribution in [-0.2, 0) is 6.54 Å². The van der Waals surface area contributed by atoms with Gasteiger partial charge >= 0.3 is 0 Å². The zero-order valence-corrected chi connectivity index (χ0v) is 11.7. The first kappa shape index (κ1) is 12.4. The number of carbonyl (C=O) groups is 1. The van der Waals surface area contributed by atoms with Crippen LogP contribution < -0.4 is 5.32 Å². The van der Waals surface area contributed by atoms with E-state index < -0.39 is 0 Å². The Morgan fingerprint density at radius 3 is 3.11 bits per heavy atom. The SMILES string of the molecule is Cc1cnc(C2CC2)n1CCNC(=O)c1cccs1. The Labute approximate surface area is 116 Å². The molecule has 0 unspecified atom stereocenters. The molecule has 3 rings (SSSR count). The molecule has 0 atom stereocenters. The third kappa shape index (κ3) is 2.71. The first-order valence-electron chi connectivity index (χ1n) is 6.59. The summed E-state index contributed by atoms with van der Waals surface area (Å²) in [4.78, 5) is 17.1. The minimum absolute atomic E-state index is 0.0146. The number of thiophene rings is 1. The minimum atomic E-state index is 0.0146. The van der Waals surface area contributed by atoms with Crippen LogP contribution in [0.25, 0.3) is 0 Å². The second-order valence-corrected chi connectivity index (χ2v) is 5.86. The van der Waals surface area contributed by atoms with Crippen molar-refractivity contribution in [2.24, 2.45) is 0 Å². The lowest BCUT2D eigenvalue weighted by atomic mass is 10.3. The van der Waals surface area contributed by atoms with Crippen LogP contribution in [0.1, 0.15) is 39.9 Å². The number of hydrogen-bond donors (Lipinski definition) is 1. The number of nitrogens with zero attached hydrogens (tertiary/aromatic N) is 2. The summed E-state index contributed by atoms with van der Waals surface area (Å²) in [6, 6.07) is 3.74. The molecule has 1 aliphatic carbocycles. The highest BCUT2D eigenvalue weighted by molar-refractivity contribution is 7.12. The first-order valence-corrected chi connectivity index (χ1v) is 7.47. The van der Waals surface area contributed by atoms with E-state index in [0.29, 0.717) is 12.5 Å². The summed E-state index contributed by atoms with van der Waals surface area (Å²) >= 11 is 1.47. The fourth-order valence-corrected chi connectivity index (χ4v) is 2.85. The van der Waals surface area contributed by atoms with Crippen LogP contribution in [0.4, 0.5) is 0 Å². The van der Waals surface area contributed by atoms with Crippen LogP contribution in [-0.4, -0.2) is 22.0 Å². The molecule has 2 aromatic heterocycles. The van der Waals surface area contributed by atoms with Gasteiger partial charge in [0.2, 0.25) is 0 Å². The summed E-state index contributed by atoms with van der Waals surface area (Å²) in [5, 5.41) is 4.88. The van der Waals surface area contributed by atoms with E-state index in [4.69, 9.17) is 0 Å². The lowest BCUT2D eigenvalue weighted by molar-refractivity contribution is 0.0956. The summed E-state index contributed by atoms with van der Waals surface area (Å²) in [6.07, 6.45) is 4.42. The van der Waals surface area contributed by atoms with Gasteiger partial charge in [-0.3, -0.25) is 4.79 Å². The molecule has 0 saturated heterocycles. The van der Waals surface area contributed by atoms with E-state index in [2.05, 4.69) is 21.8 Å². The maximum Gasteiger partial charge on any atom is 0.261 e. The molecule has 1 N–H and O–H groups in total. The number of hydrogen-bond acceptors (Lipinski definition) is 3. The van der Waals surface area contributed by atoms with Crippen molar-refractivity contribution in [1.82, 2.24) is 14.9 Å². The molecular weight excluding hydrogens is 258 g/mol. The van der Waals surface area contributed by atoms with Gasteiger partial charge in [-0.2, -0.15) is 0 Å². The molecule has 5 heteroatoms. The number of nitrogens with one attached hydrogen (secondary N) is 1. The highest BCUT2D eigenvalue weighted by Gasteiger charge is 2.28. The average molecular weight is 275 g/mol. The van der Waals surface area contributed by atoms with E-state index in [-0.39, 0.29) is 5.91 Å². The summed E-state index contributed by atoms with van der Waals surface area (Å²) in [5.74, 6) is 1.84. The Balaban J connectivity index is 1.58. The quantitative estimate of drug-likeness (QED) is 0.911. The molecule has 100 valence electrons. The van der Waals surface area contributed by atoms with Crippen molar-refractivity contribution < 1.29 is 4.79 Å². The van der Waals surface area contributed by atoms with Gasteiger partial charge in [0.15, 0.2) is 0 Å². The van der Waals surface area contributed by atoms with Crippen LogP contribution in [0.3, 0.4) is 0 Å². The average Bonchev–Trinajstić information content (AvgIpc) is 2.97. The number of aromatic nitrogens is 2. The van der Waals surface area contributed by atoms with Gasteiger partial charge in [0.05, 0.1) is 4.88 Å². The van der Waals surface area contributed by atoms with Crippen LogP contribution in [0, 0.1) is 6.92 Å². The van der Waals surface area contributed by atoms with E-state index in [1.807, 2.05) is 23.7 Å². The van der Waals surface area contributed by atoms with Gasteiger partial charge in [0, 0.05) is 30.9 Å². The van der Waals surface area contributed by atoms with Crippen molar-refractivity contribution in [2.75, 3.05) is 6.54 Å². The monoisotopic (exact) mass is 275 g/mol. The smallest absolute Gasteiger partial charge is 0.261 e. The van der Waals surface area contributed by atoms with Crippen LogP contribution >= 0.6 is 11.3 Å². The third-order valence-corrected chi connectivity index (χ3v) is 4.26. The Kier molecular flexibility index (Phi) is 3.38. The molecule has 0 radical (unpaired) electrons. The molecule has 0 spiro atoms. The zero-order chi connectivity index (χ0) is 13.2. The summed E-state index contributed by atoms with van der Waals surface area (Å²) < 4.78 is 2.23. The number of carbonyl (C=O) groups excluding carboxylic acids is 1. The van der Waals surface area contributed by atoms with Gasteiger partial charge in [-0.1, -0.05) is 6.07 Å². The van der Waals surface area contributed by atoms with Crippen LogP contribution in [0.15, 0.2) is 23.7 Å². The topological polar surface area (TPSA) is 46.9 Å². The Bertz CT molecular complexity index is 570. The van der Waals surface area contributed by atoms with Crippen LogP contribution in [0.2, 0.25) is 0 Å². The lowest BCUT2D eigenvalue weighted by Crippen LogP contribution is -2.27. The van der Waals surface area contributed by atoms with Gasteiger partial charge in [0.1, 0.15) is 5.82 Å². The predicted octanol–water partition coefficient (Wildman–Crippen LogP) is 2.56. The number of imidazole rings is 1. The molecule has 19 heavy (non-hydrogen) atoms. The van der Waals surface area contributed by atoms with Crippen molar-refractivity contribution in [1.29, 1.82) is 0 Å². The zero-order valence-electron chi connectivity index (χ0n) is 10.9. The second kappa shape index (κ2) is 5.17. The highest BCUT2D eigenvalue weighted by atomic mass is 32.1. The Morgan fingerprint density at radius 1 is 1.58 bits per heavy atom. The molecule has 0 aromatic carbocycles. The second-order valence-electron chi connectivity index (χ2n) is 4.92. The largest absolute Gasteiger partial charge is 0.350 e. The fourth-order valence-electron chi connectivity index (χ4n) is 2.21. The van der Waals surface area contributed by atoms with Gasteiger partial charge in [-0.25, -0.2) is 4.98 Å². The predicted molar refractivity (Wildman–Crippen MR) is 75.6 cm³/mol.